The van der Waals surface area contributed by atoms with E-state index < -0.39 is 11.5 Å². The molecular weight excluding hydrogens is 358 g/mol. The molecule has 0 saturated carbocycles. The minimum absolute atomic E-state index is 0.199. The molecule has 0 radical (unpaired) electrons. The van der Waals surface area contributed by atoms with Crippen molar-refractivity contribution in [3.63, 3.8) is 0 Å². The van der Waals surface area contributed by atoms with Gasteiger partial charge in [-0.2, -0.15) is 0 Å². The van der Waals surface area contributed by atoms with E-state index in [9.17, 15) is 14.4 Å². The van der Waals surface area contributed by atoms with Gasteiger partial charge < -0.3 is 5.32 Å². The summed E-state index contributed by atoms with van der Waals surface area (Å²) in [5, 5.41) is 9.18. The van der Waals surface area contributed by atoms with E-state index in [4.69, 9.17) is 0 Å². The second kappa shape index (κ2) is 8.26. The van der Waals surface area contributed by atoms with Crippen LogP contribution in [0, 0.1) is 6.92 Å². The van der Waals surface area contributed by atoms with E-state index in [-0.39, 0.29) is 18.0 Å². The molecule has 0 fully saturated rings. The van der Waals surface area contributed by atoms with Gasteiger partial charge in [-0.05, 0) is 12.5 Å². The molecule has 0 saturated heterocycles. The van der Waals surface area contributed by atoms with Gasteiger partial charge in [0.2, 0.25) is 5.78 Å². The molecule has 0 aliphatic carbocycles. The van der Waals surface area contributed by atoms with Crippen LogP contribution in [0.1, 0.15) is 32.0 Å². The summed E-state index contributed by atoms with van der Waals surface area (Å²) in [6.45, 7) is 1.73. The Morgan fingerprint density at radius 1 is 1.14 bits per heavy atom. The zero-order valence-corrected chi connectivity index (χ0v) is 15.5. The van der Waals surface area contributed by atoms with Crippen LogP contribution in [-0.4, -0.2) is 35.0 Å². The molecule has 1 heterocycles. The maximum Gasteiger partial charge on any atom is 0.432 e. The third-order valence-electron chi connectivity index (χ3n) is 4.12. The van der Waals surface area contributed by atoms with Crippen molar-refractivity contribution < 1.29 is 14.3 Å². The fourth-order valence-electron chi connectivity index (χ4n) is 2.59. The summed E-state index contributed by atoms with van der Waals surface area (Å²) in [5.41, 5.74) is 1.46. The van der Waals surface area contributed by atoms with Crippen LogP contribution in [0.4, 0.5) is 0 Å². The number of nitrogens with zero attached hydrogens (tertiary/aromatic N) is 3. The number of nitrogens with one attached hydrogen (secondary N) is 2. The first-order chi connectivity index (χ1) is 13.5. The molecule has 142 valence electrons. The van der Waals surface area contributed by atoms with Crippen LogP contribution < -0.4 is 15.6 Å². The van der Waals surface area contributed by atoms with Gasteiger partial charge in [-0.25, -0.2) is 4.79 Å². The topological polar surface area (TPSA) is 100 Å². The molecule has 2 aromatic carbocycles. The SMILES string of the molecule is CNC(=O)c1c(=O)n(/N=C\c2ccccc2)[nH][n+]1CC(=O)c1ccc(C)cc1. The second-order valence-electron chi connectivity index (χ2n) is 6.18. The zero-order chi connectivity index (χ0) is 20.1. The number of amides is 1. The van der Waals surface area contributed by atoms with E-state index in [0.717, 1.165) is 15.9 Å². The summed E-state index contributed by atoms with van der Waals surface area (Å²) >= 11 is 0. The quantitative estimate of drug-likeness (QED) is 0.379. The lowest BCUT2D eigenvalue weighted by Crippen LogP contribution is -2.48. The Kier molecular flexibility index (Phi) is 5.59. The van der Waals surface area contributed by atoms with Gasteiger partial charge in [-0.1, -0.05) is 70.5 Å². The minimum Gasteiger partial charge on any atom is -0.352 e. The summed E-state index contributed by atoms with van der Waals surface area (Å²) in [5.74, 6) is -0.845. The molecule has 0 atom stereocenters. The van der Waals surface area contributed by atoms with E-state index in [1.807, 2.05) is 49.4 Å². The highest BCUT2D eigenvalue weighted by Crippen LogP contribution is 2.04. The van der Waals surface area contributed by atoms with Gasteiger partial charge in [0.15, 0.2) is 6.54 Å². The number of rotatable bonds is 6. The molecule has 0 spiro atoms. The van der Waals surface area contributed by atoms with Gasteiger partial charge >= 0.3 is 17.2 Å². The molecule has 8 nitrogen and oxygen atoms in total. The summed E-state index contributed by atoms with van der Waals surface area (Å²) in [7, 11) is 1.42. The van der Waals surface area contributed by atoms with Crippen LogP contribution in [0.2, 0.25) is 0 Å². The van der Waals surface area contributed by atoms with Gasteiger partial charge in [0.1, 0.15) is 0 Å². The highest BCUT2D eigenvalue weighted by molar-refractivity contribution is 5.95. The Hall–Kier alpha value is -3.81. The first kappa shape index (κ1) is 19.0. The number of Topliss-reactive ketones (excluding diaryl/α,β-unsaturated/α-hetero) is 1. The van der Waals surface area contributed by atoms with Crippen molar-refractivity contribution in [2.45, 2.75) is 13.5 Å². The number of aryl methyl sites for hydroxylation is 1. The minimum atomic E-state index is -0.650. The molecule has 8 heteroatoms. The van der Waals surface area contributed by atoms with E-state index in [2.05, 4.69) is 15.6 Å². The van der Waals surface area contributed by atoms with Crippen LogP contribution in [-0.2, 0) is 6.54 Å². The van der Waals surface area contributed by atoms with Crippen LogP contribution in [0.5, 0.6) is 0 Å². The van der Waals surface area contributed by atoms with Crippen molar-refractivity contribution >= 4 is 17.9 Å². The molecule has 3 aromatic rings. The molecule has 0 aliphatic rings. The number of hydrogen-bond acceptors (Lipinski definition) is 4. The summed E-state index contributed by atoms with van der Waals surface area (Å²) < 4.78 is 1.20. The van der Waals surface area contributed by atoms with Crippen LogP contribution in [0.3, 0.4) is 0 Å². The highest BCUT2D eigenvalue weighted by atomic mass is 16.2. The Morgan fingerprint density at radius 3 is 2.46 bits per heavy atom. The molecular formula is C20H20N5O3+. The van der Waals surface area contributed by atoms with Crippen molar-refractivity contribution in [3.05, 3.63) is 87.3 Å². The molecule has 0 aliphatic heterocycles. The maximum absolute atomic E-state index is 12.6. The van der Waals surface area contributed by atoms with Crippen molar-refractivity contribution in [1.82, 2.24) is 15.3 Å². The Balaban J connectivity index is 1.94. The van der Waals surface area contributed by atoms with E-state index in [0.29, 0.717) is 5.56 Å². The number of carbonyl (C=O) groups excluding carboxylic acids is 2. The van der Waals surface area contributed by atoms with Gasteiger partial charge in [-0.15, -0.1) is 4.68 Å². The van der Waals surface area contributed by atoms with E-state index in [1.165, 1.54) is 17.9 Å². The van der Waals surface area contributed by atoms with Crippen molar-refractivity contribution in [3.8, 4) is 0 Å². The first-order valence-corrected chi connectivity index (χ1v) is 8.66. The van der Waals surface area contributed by atoms with Crippen LogP contribution >= 0.6 is 0 Å². The van der Waals surface area contributed by atoms with Crippen molar-refractivity contribution in [1.29, 1.82) is 0 Å². The predicted molar refractivity (Wildman–Crippen MR) is 104 cm³/mol. The fourth-order valence-corrected chi connectivity index (χ4v) is 2.59. The molecule has 1 amide bonds. The predicted octanol–water partition coefficient (Wildman–Crippen LogP) is 0.897. The normalized spacial score (nSPS) is 10.9. The van der Waals surface area contributed by atoms with Crippen LogP contribution in [0.25, 0.3) is 0 Å². The average Bonchev–Trinajstić information content (AvgIpc) is 3.02. The largest absolute Gasteiger partial charge is 0.432 e. The third kappa shape index (κ3) is 4.12. The molecule has 3 rings (SSSR count). The monoisotopic (exact) mass is 378 g/mol. The lowest BCUT2D eigenvalue weighted by Gasteiger charge is -2.00. The number of aromatic nitrogens is 3. The number of carbonyl (C=O) groups is 2. The number of hydrogen-bond donors (Lipinski definition) is 2. The number of ketones is 1. The van der Waals surface area contributed by atoms with Gasteiger partial charge in [-0.3, -0.25) is 9.59 Å². The maximum atomic E-state index is 12.6. The van der Waals surface area contributed by atoms with E-state index >= 15 is 0 Å². The van der Waals surface area contributed by atoms with Crippen molar-refractivity contribution in [2.24, 2.45) is 5.10 Å². The standard InChI is InChI=1S/C20H19N5O3/c1-14-8-10-16(11-9-14)17(26)13-24-18(19(27)21-2)20(28)25(23-24)22-12-15-6-4-3-5-7-15/h3-12H,13H2,1-2H3,(H-,21,23,27,28)/p+1/b22-12-. The lowest BCUT2D eigenvalue weighted by atomic mass is 10.1. The van der Waals surface area contributed by atoms with Crippen molar-refractivity contribution in [2.75, 3.05) is 7.05 Å². The summed E-state index contributed by atoms with van der Waals surface area (Å²) in [4.78, 5) is 38.3. The Morgan fingerprint density at radius 2 is 1.82 bits per heavy atom. The van der Waals surface area contributed by atoms with Crippen LogP contribution in [0.15, 0.2) is 64.5 Å². The Labute approximate surface area is 161 Å². The fraction of sp³-hybridized carbons (Fsp3) is 0.150. The van der Waals surface area contributed by atoms with Gasteiger partial charge in [0.25, 0.3) is 0 Å². The molecule has 0 unspecified atom stereocenters. The molecule has 0 bridgehead atoms. The molecule has 1 aromatic heterocycles. The third-order valence-corrected chi connectivity index (χ3v) is 4.12. The highest BCUT2D eigenvalue weighted by Gasteiger charge is 2.29. The average molecular weight is 378 g/mol. The van der Waals surface area contributed by atoms with Gasteiger partial charge in [0.05, 0.1) is 6.21 Å². The summed E-state index contributed by atoms with van der Waals surface area (Å²) in [6.07, 6.45) is 1.48. The second-order valence-corrected chi connectivity index (χ2v) is 6.18. The lowest BCUT2D eigenvalue weighted by molar-refractivity contribution is -0.744. The van der Waals surface area contributed by atoms with Gasteiger partial charge in [0, 0.05) is 17.4 Å². The smallest absolute Gasteiger partial charge is 0.352 e. The molecule has 2 N–H and O–H groups in total. The summed E-state index contributed by atoms with van der Waals surface area (Å²) in [6, 6.07) is 16.3. The number of H-pyrrole nitrogens is 1. The zero-order valence-electron chi connectivity index (χ0n) is 15.5. The Bertz CT molecular complexity index is 1080. The number of benzene rings is 2. The van der Waals surface area contributed by atoms with E-state index in [1.54, 1.807) is 12.1 Å². The molecule has 28 heavy (non-hydrogen) atoms. The first-order valence-electron chi connectivity index (χ1n) is 8.66. The number of aromatic amines is 1.